The maximum atomic E-state index is 12.6. The molecule has 9 heteroatoms. The molecular formula is C25H33N5O4. The molecule has 1 N–H and O–H groups in total. The van der Waals surface area contributed by atoms with E-state index in [1.165, 1.54) is 4.90 Å². The van der Waals surface area contributed by atoms with Crippen LogP contribution in [0.4, 0.5) is 4.79 Å². The first-order valence-corrected chi connectivity index (χ1v) is 11.9. The number of piperazine rings is 1. The van der Waals surface area contributed by atoms with Crippen LogP contribution in [0.25, 0.3) is 0 Å². The van der Waals surface area contributed by atoms with E-state index in [9.17, 15) is 14.4 Å². The molecule has 2 aliphatic heterocycles. The molecule has 2 aliphatic rings. The van der Waals surface area contributed by atoms with Gasteiger partial charge in [0.25, 0.3) is 0 Å². The minimum Gasteiger partial charge on any atom is -0.410 e. The summed E-state index contributed by atoms with van der Waals surface area (Å²) in [5, 5.41) is 0. The van der Waals surface area contributed by atoms with Gasteiger partial charge in [-0.25, -0.2) is 9.78 Å². The normalized spacial score (nSPS) is 18.9. The highest BCUT2D eigenvalue weighted by Crippen LogP contribution is 2.31. The van der Waals surface area contributed by atoms with Gasteiger partial charge < -0.3 is 14.6 Å². The lowest BCUT2D eigenvalue weighted by molar-refractivity contribution is -0.152. The van der Waals surface area contributed by atoms with E-state index < -0.39 is 0 Å². The number of carbonyl (C=O) groups excluding carboxylic acids is 3. The van der Waals surface area contributed by atoms with Crippen LogP contribution in [0, 0.1) is 5.41 Å². The number of aromatic nitrogens is 2. The fraction of sp³-hybridized carbons (Fsp3) is 0.520. The molecule has 0 unspecified atom stereocenters. The monoisotopic (exact) mass is 467 g/mol. The summed E-state index contributed by atoms with van der Waals surface area (Å²) in [5.74, 6) is 0.281. The molecule has 0 aliphatic carbocycles. The average molecular weight is 468 g/mol. The maximum absolute atomic E-state index is 12.6. The third-order valence-corrected chi connectivity index (χ3v) is 6.50. The summed E-state index contributed by atoms with van der Waals surface area (Å²) in [6.07, 6.45) is 5.46. The van der Waals surface area contributed by atoms with Gasteiger partial charge in [-0.1, -0.05) is 26.0 Å². The predicted octanol–water partition coefficient (Wildman–Crippen LogP) is 2.49. The summed E-state index contributed by atoms with van der Waals surface area (Å²) < 4.78 is 5.55. The molecule has 1 aromatic carbocycles. The number of H-pyrrole nitrogens is 1. The van der Waals surface area contributed by atoms with E-state index in [4.69, 9.17) is 4.74 Å². The van der Waals surface area contributed by atoms with Crippen LogP contribution in [-0.4, -0.2) is 81.8 Å². The molecule has 3 amide bonds. The molecular weight excluding hydrogens is 434 g/mol. The smallest absolute Gasteiger partial charge is 0.410 e. The molecule has 3 heterocycles. The van der Waals surface area contributed by atoms with E-state index in [0.29, 0.717) is 44.6 Å². The number of ether oxygens (including phenoxy) is 1. The Kier molecular flexibility index (Phi) is 7.31. The molecule has 9 nitrogen and oxygen atoms in total. The Hall–Kier alpha value is -3.20. The van der Waals surface area contributed by atoms with E-state index >= 15 is 0 Å². The van der Waals surface area contributed by atoms with Gasteiger partial charge in [0.05, 0.1) is 6.33 Å². The standard InChI is InChI=1S/C25H33N5O4/c1-25(2)15-22(31)30(23(32)16-25)10-7-19-3-5-21(6-4-19)34-24(33)29-13-11-28(12-14-29)9-8-20-17-26-18-27-20/h3-6,17-18H,7-16H2,1-2H3,(H,26,27). The maximum Gasteiger partial charge on any atom is 0.415 e. The number of hydrogen-bond acceptors (Lipinski definition) is 6. The Morgan fingerprint density at radius 2 is 1.68 bits per heavy atom. The molecule has 2 aromatic rings. The van der Waals surface area contributed by atoms with Gasteiger partial charge in [-0.2, -0.15) is 0 Å². The first kappa shape index (κ1) is 23.9. The molecule has 0 atom stereocenters. The number of piperidine rings is 1. The number of nitrogens with zero attached hydrogens (tertiary/aromatic N) is 4. The molecule has 0 spiro atoms. The molecule has 182 valence electrons. The highest BCUT2D eigenvalue weighted by molar-refractivity contribution is 5.98. The summed E-state index contributed by atoms with van der Waals surface area (Å²) in [4.78, 5) is 49.8. The van der Waals surface area contributed by atoms with Crippen LogP contribution in [0.2, 0.25) is 0 Å². The second-order valence-electron chi connectivity index (χ2n) is 9.87. The summed E-state index contributed by atoms with van der Waals surface area (Å²) in [6, 6.07) is 7.27. The van der Waals surface area contributed by atoms with Gasteiger partial charge in [-0.3, -0.25) is 19.4 Å². The predicted molar refractivity (Wildman–Crippen MR) is 126 cm³/mol. The van der Waals surface area contributed by atoms with E-state index in [2.05, 4.69) is 14.9 Å². The Bertz CT molecular complexity index is 975. The van der Waals surface area contributed by atoms with E-state index in [1.54, 1.807) is 23.4 Å². The van der Waals surface area contributed by atoms with Gasteiger partial charge in [-0.05, 0) is 29.5 Å². The summed E-state index contributed by atoms with van der Waals surface area (Å²) >= 11 is 0. The topological polar surface area (TPSA) is 98.8 Å². The van der Waals surface area contributed by atoms with Crippen LogP contribution in [0.15, 0.2) is 36.8 Å². The van der Waals surface area contributed by atoms with E-state index in [1.807, 2.05) is 32.2 Å². The van der Waals surface area contributed by atoms with Crippen molar-refractivity contribution in [1.82, 2.24) is 24.7 Å². The molecule has 1 aromatic heterocycles. The molecule has 0 bridgehead atoms. The third kappa shape index (κ3) is 6.22. The van der Waals surface area contributed by atoms with Gasteiger partial charge in [0.1, 0.15) is 5.75 Å². The lowest BCUT2D eigenvalue weighted by Crippen LogP contribution is -2.49. The Labute approximate surface area is 200 Å². The Balaban J connectivity index is 1.20. The number of hydrogen-bond donors (Lipinski definition) is 1. The Morgan fingerprint density at radius 1 is 1.00 bits per heavy atom. The van der Waals surface area contributed by atoms with Gasteiger partial charge in [0.2, 0.25) is 11.8 Å². The summed E-state index contributed by atoms with van der Waals surface area (Å²) in [6.45, 7) is 8.09. The number of imide groups is 1. The van der Waals surface area contributed by atoms with Gasteiger partial charge in [0.15, 0.2) is 0 Å². The lowest BCUT2D eigenvalue weighted by atomic mass is 9.81. The van der Waals surface area contributed by atoms with Crippen molar-refractivity contribution >= 4 is 17.9 Å². The second kappa shape index (κ2) is 10.4. The average Bonchev–Trinajstić information content (AvgIpc) is 3.31. The quantitative estimate of drug-likeness (QED) is 0.628. The highest BCUT2D eigenvalue weighted by Gasteiger charge is 2.36. The molecule has 2 fully saturated rings. The number of carbonyl (C=O) groups is 3. The van der Waals surface area contributed by atoms with E-state index in [0.717, 1.165) is 37.3 Å². The van der Waals surface area contributed by atoms with Crippen molar-refractivity contribution < 1.29 is 19.1 Å². The molecule has 0 radical (unpaired) electrons. The van der Waals surface area contributed by atoms with Crippen molar-refractivity contribution in [3.8, 4) is 5.75 Å². The summed E-state index contributed by atoms with van der Waals surface area (Å²) in [5.41, 5.74) is 1.84. The Morgan fingerprint density at radius 3 is 2.29 bits per heavy atom. The van der Waals surface area contributed by atoms with Crippen molar-refractivity contribution in [2.75, 3.05) is 39.3 Å². The minimum absolute atomic E-state index is 0.104. The molecule has 2 saturated heterocycles. The largest absolute Gasteiger partial charge is 0.415 e. The van der Waals surface area contributed by atoms with Gasteiger partial charge in [0, 0.05) is 70.4 Å². The van der Waals surface area contributed by atoms with Crippen LogP contribution in [0.1, 0.15) is 37.9 Å². The zero-order valence-corrected chi connectivity index (χ0v) is 20.0. The molecule has 34 heavy (non-hydrogen) atoms. The van der Waals surface area contributed by atoms with Crippen molar-refractivity contribution in [2.45, 2.75) is 39.5 Å². The van der Waals surface area contributed by atoms with Crippen LogP contribution in [0.5, 0.6) is 5.75 Å². The van der Waals surface area contributed by atoms with Crippen LogP contribution < -0.4 is 4.74 Å². The van der Waals surface area contributed by atoms with Crippen molar-refractivity contribution in [1.29, 1.82) is 0 Å². The first-order valence-electron chi connectivity index (χ1n) is 11.9. The van der Waals surface area contributed by atoms with Crippen molar-refractivity contribution in [3.05, 3.63) is 48.0 Å². The van der Waals surface area contributed by atoms with Crippen LogP contribution >= 0.6 is 0 Å². The van der Waals surface area contributed by atoms with Crippen molar-refractivity contribution in [3.63, 3.8) is 0 Å². The number of amides is 3. The number of imidazole rings is 1. The van der Waals surface area contributed by atoms with Crippen LogP contribution in [-0.2, 0) is 22.4 Å². The minimum atomic E-state index is -0.340. The zero-order chi connectivity index (χ0) is 24.1. The number of rotatable bonds is 7. The summed E-state index contributed by atoms with van der Waals surface area (Å²) in [7, 11) is 0. The highest BCUT2D eigenvalue weighted by atomic mass is 16.6. The number of likely N-dealkylation sites (tertiary alicyclic amines) is 1. The second-order valence-corrected chi connectivity index (χ2v) is 9.87. The van der Waals surface area contributed by atoms with Gasteiger partial charge in [-0.15, -0.1) is 0 Å². The fourth-order valence-corrected chi connectivity index (χ4v) is 4.45. The zero-order valence-electron chi connectivity index (χ0n) is 20.0. The van der Waals surface area contributed by atoms with E-state index in [-0.39, 0.29) is 23.3 Å². The lowest BCUT2D eigenvalue weighted by Gasteiger charge is -2.34. The first-order chi connectivity index (χ1) is 16.3. The van der Waals surface area contributed by atoms with Crippen LogP contribution in [0.3, 0.4) is 0 Å². The van der Waals surface area contributed by atoms with Crippen molar-refractivity contribution in [2.24, 2.45) is 5.41 Å². The SMILES string of the molecule is CC1(C)CC(=O)N(CCc2ccc(OC(=O)N3CCN(CCc4cnc[nH]4)CC3)cc2)C(=O)C1. The fourth-order valence-electron chi connectivity index (χ4n) is 4.45. The molecule has 0 saturated carbocycles. The third-order valence-electron chi connectivity index (χ3n) is 6.50. The molecule has 4 rings (SSSR count). The number of aromatic amines is 1. The number of nitrogens with one attached hydrogen (secondary N) is 1. The van der Waals surface area contributed by atoms with Gasteiger partial charge >= 0.3 is 6.09 Å². The number of benzene rings is 1.